The Balaban J connectivity index is 2.80. The highest BCUT2D eigenvalue weighted by Gasteiger charge is 2.11. The first-order chi connectivity index (χ1) is 7.04. The van der Waals surface area contributed by atoms with Crippen molar-refractivity contribution in [2.24, 2.45) is 11.7 Å². The van der Waals surface area contributed by atoms with Crippen molar-refractivity contribution in [2.45, 2.75) is 20.8 Å². The number of anilines is 1. The number of hydrogen-bond donors (Lipinski definition) is 2. The van der Waals surface area contributed by atoms with E-state index < -0.39 is 0 Å². The molecule has 15 heavy (non-hydrogen) atoms. The van der Waals surface area contributed by atoms with E-state index >= 15 is 0 Å². The van der Waals surface area contributed by atoms with E-state index in [1.54, 1.807) is 0 Å². The van der Waals surface area contributed by atoms with Crippen LogP contribution in [0.3, 0.4) is 0 Å². The van der Waals surface area contributed by atoms with Gasteiger partial charge in [0, 0.05) is 18.2 Å². The molecule has 0 heterocycles. The monoisotopic (exact) mass is 206 g/mol. The second kappa shape index (κ2) is 4.94. The Morgan fingerprint density at radius 2 is 2.13 bits per heavy atom. The predicted octanol–water partition coefficient (Wildman–Crippen LogP) is 1.84. The van der Waals surface area contributed by atoms with Crippen LogP contribution in [0.5, 0.6) is 0 Å². The van der Waals surface area contributed by atoms with Crippen LogP contribution in [0.2, 0.25) is 0 Å². The summed E-state index contributed by atoms with van der Waals surface area (Å²) in [6.45, 7) is 6.17. The van der Waals surface area contributed by atoms with Gasteiger partial charge in [0.05, 0.1) is 0 Å². The molecule has 3 heteroatoms. The Morgan fingerprint density at radius 1 is 1.47 bits per heavy atom. The lowest BCUT2D eigenvalue weighted by Gasteiger charge is -2.12. The molecule has 3 nitrogen and oxygen atoms in total. The van der Waals surface area contributed by atoms with Gasteiger partial charge in [-0.3, -0.25) is 4.79 Å². The zero-order valence-corrected chi connectivity index (χ0v) is 9.50. The van der Waals surface area contributed by atoms with E-state index in [9.17, 15) is 4.79 Å². The highest BCUT2D eigenvalue weighted by Crippen LogP contribution is 2.16. The van der Waals surface area contributed by atoms with Gasteiger partial charge in [0.1, 0.15) is 0 Å². The Kier molecular flexibility index (Phi) is 3.86. The van der Waals surface area contributed by atoms with Crippen LogP contribution in [0.25, 0.3) is 0 Å². The molecule has 1 aromatic rings. The molecule has 0 saturated heterocycles. The summed E-state index contributed by atoms with van der Waals surface area (Å²) in [6.07, 6.45) is 0. The minimum Gasteiger partial charge on any atom is -0.330 e. The van der Waals surface area contributed by atoms with E-state index in [1.165, 1.54) is 0 Å². The summed E-state index contributed by atoms with van der Waals surface area (Å²) in [5.41, 5.74) is 8.51. The predicted molar refractivity (Wildman–Crippen MR) is 62.8 cm³/mol. The van der Waals surface area contributed by atoms with Crippen molar-refractivity contribution in [3.63, 3.8) is 0 Å². The fourth-order valence-electron chi connectivity index (χ4n) is 1.23. The van der Waals surface area contributed by atoms with Crippen LogP contribution in [0.15, 0.2) is 18.2 Å². The first-order valence-electron chi connectivity index (χ1n) is 5.12. The summed E-state index contributed by atoms with van der Waals surface area (Å²) >= 11 is 0. The molecule has 0 aliphatic rings. The van der Waals surface area contributed by atoms with Crippen molar-refractivity contribution < 1.29 is 4.79 Å². The van der Waals surface area contributed by atoms with Gasteiger partial charge in [0.15, 0.2) is 0 Å². The van der Waals surface area contributed by atoms with E-state index in [0.717, 1.165) is 16.8 Å². The second-order valence-electron chi connectivity index (χ2n) is 3.94. The van der Waals surface area contributed by atoms with Crippen LogP contribution in [0, 0.1) is 19.8 Å². The molecule has 1 aromatic carbocycles. The van der Waals surface area contributed by atoms with E-state index in [-0.39, 0.29) is 11.8 Å². The minimum atomic E-state index is -0.148. The number of hydrogen-bond acceptors (Lipinski definition) is 2. The minimum absolute atomic E-state index is 0.0220. The molecule has 0 saturated carbocycles. The van der Waals surface area contributed by atoms with E-state index in [0.29, 0.717) is 6.54 Å². The van der Waals surface area contributed by atoms with Crippen LogP contribution in [0.4, 0.5) is 5.69 Å². The third kappa shape index (κ3) is 3.06. The van der Waals surface area contributed by atoms with Gasteiger partial charge in [0.2, 0.25) is 5.91 Å². The molecule has 1 amide bonds. The number of rotatable bonds is 3. The summed E-state index contributed by atoms with van der Waals surface area (Å²) in [5.74, 6) is -0.170. The van der Waals surface area contributed by atoms with Gasteiger partial charge in [-0.2, -0.15) is 0 Å². The number of nitrogens with two attached hydrogens (primary N) is 1. The zero-order chi connectivity index (χ0) is 11.4. The Bertz CT molecular complexity index is 361. The summed E-state index contributed by atoms with van der Waals surface area (Å²) in [7, 11) is 0. The van der Waals surface area contributed by atoms with Gasteiger partial charge in [-0.05, 0) is 31.0 Å². The smallest absolute Gasteiger partial charge is 0.228 e. The molecule has 1 unspecified atom stereocenters. The molecule has 0 fully saturated rings. The zero-order valence-electron chi connectivity index (χ0n) is 9.50. The summed E-state index contributed by atoms with van der Waals surface area (Å²) in [4.78, 5) is 11.6. The molecule has 1 atom stereocenters. The molecule has 0 spiro atoms. The van der Waals surface area contributed by atoms with Crippen molar-refractivity contribution in [1.29, 1.82) is 0 Å². The van der Waals surface area contributed by atoms with Gasteiger partial charge < -0.3 is 11.1 Å². The molecular weight excluding hydrogens is 188 g/mol. The number of aryl methyl sites for hydroxylation is 2. The standard InChI is InChI=1S/C12H18N2O/c1-8-4-5-9(2)11(6-8)14-12(15)10(3)7-13/h4-6,10H,7,13H2,1-3H3,(H,14,15). The second-order valence-corrected chi connectivity index (χ2v) is 3.94. The van der Waals surface area contributed by atoms with Gasteiger partial charge in [-0.25, -0.2) is 0 Å². The van der Waals surface area contributed by atoms with E-state index in [1.807, 2.05) is 39.0 Å². The lowest BCUT2D eigenvalue weighted by atomic mass is 10.1. The molecule has 0 aliphatic heterocycles. The molecule has 0 bridgehead atoms. The molecule has 1 rings (SSSR count). The van der Waals surface area contributed by atoms with Crippen molar-refractivity contribution >= 4 is 11.6 Å². The van der Waals surface area contributed by atoms with Gasteiger partial charge in [0.25, 0.3) is 0 Å². The summed E-state index contributed by atoms with van der Waals surface area (Å²) in [5, 5.41) is 2.88. The Morgan fingerprint density at radius 3 is 2.73 bits per heavy atom. The maximum Gasteiger partial charge on any atom is 0.228 e. The van der Waals surface area contributed by atoms with Gasteiger partial charge in [-0.15, -0.1) is 0 Å². The molecule has 0 radical (unpaired) electrons. The third-order valence-corrected chi connectivity index (χ3v) is 2.45. The molecule has 82 valence electrons. The molecule has 0 aliphatic carbocycles. The summed E-state index contributed by atoms with van der Waals surface area (Å²) in [6, 6.07) is 5.99. The first-order valence-corrected chi connectivity index (χ1v) is 5.12. The first kappa shape index (κ1) is 11.7. The largest absolute Gasteiger partial charge is 0.330 e. The lowest BCUT2D eigenvalue weighted by molar-refractivity contribution is -0.119. The number of amides is 1. The van der Waals surface area contributed by atoms with E-state index in [4.69, 9.17) is 5.73 Å². The average molecular weight is 206 g/mol. The maximum atomic E-state index is 11.6. The quantitative estimate of drug-likeness (QED) is 0.792. The normalized spacial score (nSPS) is 12.3. The highest BCUT2D eigenvalue weighted by molar-refractivity contribution is 5.93. The third-order valence-electron chi connectivity index (χ3n) is 2.45. The molecule has 0 aromatic heterocycles. The van der Waals surface area contributed by atoms with E-state index in [2.05, 4.69) is 5.32 Å². The van der Waals surface area contributed by atoms with Crippen LogP contribution in [0.1, 0.15) is 18.1 Å². The highest BCUT2D eigenvalue weighted by atomic mass is 16.1. The van der Waals surface area contributed by atoms with Crippen molar-refractivity contribution in [3.8, 4) is 0 Å². The van der Waals surface area contributed by atoms with Gasteiger partial charge >= 0.3 is 0 Å². The van der Waals surface area contributed by atoms with Crippen LogP contribution < -0.4 is 11.1 Å². The Hall–Kier alpha value is -1.35. The number of benzene rings is 1. The Labute approximate surface area is 90.7 Å². The van der Waals surface area contributed by atoms with Crippen LogP contribution in [-0.4, -0.2) is 12.5 Å². The van der Waals surface area contributed by atoms with Gasteiger partial charge in [-0.1, -0.05) is 19.1 Å². The van der Waals surface area contributed by atoms with Crippen LogP contribution in [-0.2, 0) is 4.79 Å². The topological polar surface area (TPSA) is 55.1 Å². The van der Waals surface area contributed by atoms with Crippen molar-refractivity contribution in [2.75, 3.05) is 11.9 Å². The fraction of sp³-hybridized carbons (Fsp3) is 0.417. The number of nitrogens with one attached hydrogen (secondary N) is 1. The maximum absolute atomic E-state index is 11.6. The summed E-state index contributed by atoms with van der Waals surface area (Å²) < 4.78 is 0. The number of carbonyl (C=O) groups excluding carboxylic acids is 1. The molecule has 3 N–H and O–H groups in total. The van der Waals surface area contributed by atoms with Crippen molar-refractivity contribution in [3.05, 3.63) is 29.3 Å². The SMILES string of the molecule is Cc1ccc(C)c(NC(=O)C(C)CN)c1. The average Bonchev–Trinajstić information content (AvgIpc) is 2.22. The fourth-order valence-corrected chi connectivity index (χ4v) is 1.23. The van der Waals surface area contributed by atoms with Crippen molar-refractivity contribution in [1.82, 2.24) is 0 Å². The van der Waals surface area contributed by atoms with Crippen LogP contribution >= 0.6 is 0 Å². The number of carbonyl (C=O) groups is 1. The molecular formula is C12H18N2O. The lowest BCUT2D eigenvalue weighted by Crippen LogP contribution is -2.26.